The van der Waals surface area contributed by atoms with Crippen LogP contribution in [0.4, 0.5) is 5.69 Å². The fourth-order valence-corrected chi connectivity index (χ4v) is 4.05. The molecule has 6 heteroatoms. The van der Waals surface area contributed by atoms with Crippen LogP contribution in [0, 0.1) is 27.7 Å². The van der Waals surface area contributed by atoms with Crippen molar-refractivity contribution < 1.29 is 13.2 Å². The van der Waals surface area contributed by atoms with Crippen LogP contribution in [-0.2, 0) is 14.8 Å². The fraction of sp³-hybridized carbons (Fsp3) is 0.409. The van der Waals surface area contributed by atoms with Crippen molar-refractivity contribution in [2.24, 2.45) is 0 Å². The highest BCUT2D eigenvalue weighted by Gasteiger charge is 2.24. The molecule has 0 aromatic heterocycles. The number of anilines is 1. The number of hydrogen-bond donors (Lipinski definition) is 1. The van der Waals surface area contributed by atoms with E-state index in [1.165, 1.54) is 15.4 Å². The van der Waals surface area contributed by atoms with Gasteiger partial charge in [0, 0.05) is 0 Å². The highest BCUT2D eigenvalue weighted by molar-refractivity contribution is 7.92. The van der Waals surface area contributed by atoms with Gasteiger partial charge in [0.25, 0.3) is 0 Å². The normalized spacial score (nSPS) is 12.5. The number of rotatable bonds is 7. The summed E-state index contributed by atoms with van der Waals surface area (Å²) in [5.41, 5.74) is 5.68. The predicted molar refractivity (Wildman–Crippen MR) is 115 cm³/mol. The number of nitrogens with zero attached hydrogens (tertiary/aromatic N) is 1. The van der Waals surface area contributed by atoms with Crippen molar-refractivity contribution in [2.45, 2.75) is 47.1 Å². The molecule has 28 heavy (non-hydrogen) atoms. The largest absolute Gasteiger partial charge is 0.348 e. The van der Waals surface area contributed by atoms with Crippen molar-refractivity contribution in [2.75, 3.05) is 17.1 Å². The van der Waals surface area contributed by atoms with Gasteiger partial charge < -0.3 is 5.32 Å². The van der Waals surface area contributed by atoms with Crippen molar-refractivity contribution >= 4 is 21.6 Å². The van der Waals surface area contributed by atoms with Gasteiger partial charge >= 0.3 is 0 Å². The molecule has 152 valence electrons. The van der Waals surface area contributed by atoms with E-state index < -0.39 is 10.0 Å². The Morgan fingerprint density at radius 1 is 1.00 bits per heavy atom. The Balaban J connectivity index is 2.25. The second-order valence-corrected chi connectivity index (χ2v) is 9.34. The van der Waals surface area contributed by atoms with Gasteiger partial charge in [0.2, 0.25) is 15.9 Å². The number of carbonyl (C=O) groups is 1. The molecule has 0 aliphatic rings. The Kier molecular flexibility index (Phi) is 6.88. The zero-order chi connectivity index (χ0) is 21.1. The lowest BCUT2D eigenvalue weighted by atomic mass is 9.99. The summed E-state index contributed by atoms with van der Waals surface area (Å²) < 4.78 is 25.9. The molecule has 1 N–H and O–H groups in total. The van der Waals surface area contributed by atoms with Gasteiger partial charge in [-0.1, -0.05) is 37.3 Å². The molecule has 2 aromatic rings. The lowest BCUT2D eigenvalue weighted by Crippen LogP contribution is -2.41. The maximum atomic E-state index is 12.7. The number of sulfonamides is 1. The minimum absolute atomic E-state index is 0.160. The maximum absolute atomic E-state index is 12.7. The van der Waals surface area contributed by atoms with Crippen molar-refractivity contribution in [1.82, 2.24) is 5.32 Å². The highest BCUT2D eigenvalue weighted by atomic mass is 32.2. The average molecular weight is 403 g/mol. The van der Waals surface area contributed by atoms with E-state index in [9.17, 15) is 13.2 Å². The molecule has 0 aliphatic heterocycles. The zero-order valence-electron chi connectivity index (χ0n) is 17.5. The van der Waals surface area contributed by atoms with E-state index in [1.807, 2.05) is 58.9 Å². The number of carbonyl (C=O) groups excluding carboxylic acids is 1. The molecule has 1 atom stereocenters. The average Bonchev–Trinajstić information content (AvgIpc) is 2.61. The summed E-state index contributed by atoms with van der Waals surface area (Å²) >= 11 is 0. The van der Waals surface area contributed by atoms with Crippen molar-refractivity contribution in [1.29, 1.82) is 0 Å². The van der Waals surface area contributed by atoms with Gasteiger partial charge in [-0.3, -0.25) is 9.10 Å². The molecule has 2 rings (SSSR count). The molecule has 0 spiro atoms. The van der Waals surface area contributed by atoms with E-state index in [4.69, 9.17) is 0 Å². The molecule has 0 saturated heterocycles. The van der Waals surface area contributed by atoms with Crippen molar-refractivity contribution in [3.63, 3.8) is 0 Å². The Labute approximate surface area is 168 Å². The summed E-state index contributed by atoms with van der Waals surface area (Å²) in [6.45, 7) is 9.58. The van der Waals surface area contributed by atoms with Crippen LogP contribution in [0.25, 0.3) is 0 Å². The van der Waals surface area contributed by atoms with Crippen LogP contribution in [0.1, 0.15) is 47.2 Å². The Hall–Kier alpha value is -2.34. The Morgan fingerprint density at radius 3 is 2.21 bits per heavy atom. The molecule has 5 nitrogen and oxygen atoms in total. The molecule has 2 aromatic carbocycles. The maximum Gasteiger partial charge on any atom is 0.241 e. The molecular formula is C22H30N2O3S. The smallest absolute Gasteiger partial charge is 0.241 e. The van der Waals surface area contributed by atoms with Gasteiger partial charge in [0.15, 0.2) is 0 Å². The number of amides is 1. The topological polar surface area (TPSA) is 66.5 Å². The summed E-state index contributed by atoms with van der Waals surface area (Å²) in [6, 6.07) is 11.5. The Morgan fingerprint density at radius 2 is 1.64 bits per heavy atom. The second kappa shape index (κ2) is 8.78. The Bertz CT molecular complexity index is 968. The number of nitrogens with one attached hydrogen (secondary N) is 1. The van der Waals surface area contributed by atoms with Gasteiger partial charge in [-0.25, -0.2) is 8.42 Å². The summed E-state index contributed by atoms with van der Waals surface area (Å²) in [6.07, 6.45) is 1.85. The quantitative estimate of drug-likeness (QED) is 0.762. The highest BCUT2D eigenvalue weighted by Crippen LogP contribution is 2.24. The monoisotopic (exact) mass is 402 g/mol. The van der Waals surface area contributed by atoms with Gasteiger partial charge in [-0.15, -0.1) is 0 Å². The molecular weight excluding hydrogens is 372 g/mol. The van der Waals surface area contributed by atoms with Crippen LogP contribution in [0.3, 0.4) is 0 Å². The molecule has 0 heterocycles. The van der Waals surface area contributed by atoms with Crippen LogP contribution in [0.15, 0.2) is 36.4 Å². The van der Waals surface area contributed by atoms with E-state index in [0.29, 0.717) is 5.69 Å². The summed E-state index contributed by atoms with van der Waals surface area (Å²) in [5.74, 6) is -0.323. The van der Waals surface area contributed by atoms with Crippen LogP contribution in [-0.4, -0.2) is 27.1 Å². The zero-order valence-corrected chi connectivity index (χ0v) is 18.4. The molecule has 1 amide bonds. The van der Waals surface area contributed by atoms with E-state index >= 15 is 0 Å². The number of aryl methyl sites for hydroxylation is 4. The van der Waals surface area contributed by atoms with E-state index in [2.05, 4.69) is 11.4 Å². The molecule has 0 bridgehead atoms. The molecule has 0 fully saturated rings. The van der Waals surface area contributed by atoms with Gasteiger partial charge in [0.05, 0.1) is 18.0 Å². The van der Waals surface area contributed by atoms with Gasteiger partial charge in [-0.05, 0) is 68.0 Å². The third kappa shape index (κ3) is 5.35. The van der Waals surface area contributed by atoms with Gasteiger partial charge in [-0.2, -0.15) is 0 Å². The minimum atomic E-state index is -3.60. The van der Waals surface area contributed by atoms with Crippen LogP contribution in [0.2, 0.25) is 0 Å². The predicted octanol–water partition coefficient (Wildman–Crippen LogP) is 3.95. The molecule has 0 unspecified atom stereocenters. The number of benzene rings is 2. The first-order valence-electron chi connectivity index (χ1n) is 9.44. The standard InChI is InChI=1S/C22H30N2O3S/c1-7-20(19-11-10-16(3)18(5)13-19)23-22(25)14-24(28(6,26)27)21-12-15(2)8-9-17(21)4/h8-13,20H,7,14H2,1-6H3,(H,23,25)/t20-/m0/s1. The number of hydrogen-bond acceptors (Lipinski definition) is 3. The van der Waals surface area contributed by atoms with Crippen LogP contribution < -0.4 is 9.62 Å². The lowest BCUT2D eigenvalue weighted by molar-refractivity contribution is -0.120. The first-order valence-corrected chi connectivity index (χ1v) is 11.3. The summed E-state index contributed by atoms with van der Waals surface area (Å²) in [4.78, 5) is 12.7. The first-order chi connectivity index (χ1) is 13.0. The van der Waals surface area contributed by atoms with Gasteiger partial charge in [0.1, 0.15) is 6.54 Å². The lowest BCUT2D eigenvalue weighted by Gasteiger charge is -2.26. The molecule has 0 aliphatic carbocycles. The van der Waals surface area contributed by atoms with Crippen molar-refractivity contribution in [3.8, 4) is 0 Å². The SMILES string of the molecule is CC[C@H](NC(=O)CN(c1cc(C)ccc1C)S(C)(=O)=O)c1ccc(C)c(C)c1. The van der Waals surface area contributed by atoms with Crippen LogP contribution in [0.5, 0.6) is 0 Å². The van der Waals surface area contributed by atoms with E-state index in [1.54, 1.807) is 6.07 Å². The fourth-order valence-electron chi connectivity index (χ4n) is 3.14. The van der Waals surface area contributed by atoms with Crippen molar-refractivity contribution in [3.05, 3.63) is 64.2 Å². The minimum Gasteiger partial charge on any atom is -0.348 e. The second-order valence-electron chi connectivity index (χ2n) is 7.43. The molecule has 0 saturated carbocycles. The van der Waals surface area contributed by atoms with E-state index in [0.717, 1.165) is 29.4 Å². The molecule has 0 radical (unpaired) electrons. The summed E-state index contributed by atoms with van der Waals surface area (Å²) in [5, 5.41) is 2.99. The summed E-state index contributed by atoms with van der Waals surface area (Å²) in [7, 11) is -3.60. The third-order valence-corrected chi connectivity index (χ3v) is 6.12. The van der Waals surface area contributed by atoms with Crippen LogP contribution >= 0.6 is 0 Å². The van der Waals surface area contributed by atoms with E-state index in [-0.39, 0.29) is 18.5 Å². The third-order valence-electron chi connectivity index (χ3n) is 5.00. The first kappa shape index (κ1) is 22.0.